The highest BCUT2D eigenvalue weighted by Gasteiger charge is 2.44. The van der Waals surface area contributed by atoms with Gasteiger partial charge in [-0.1, -0.05) is 23.7 Å². The van der Waals surface area contributed by atoms with E-state index in [0.29, 0.717) is 36.5 Å². The van der Waals surface area contributed by atoms with Crippen LogP contribution in [0.25, 0.3) is 0 Å². The summed E-state index contributed by atoms with van der Waals surface area (Å²) in [4.78, 5) is 27.8. The number of hydrogen-bond donors (Lipinski definition) is 2. The van der Waals surface area contributed by atoms with Crippen LogP contribution in [-0.4, -0.2) is 47.3 Å². The van der Waals surface area contributed by atoms with Crippen LogP contribution < -0.4 is 15.5 Å². The Morgan fingerprint density at radius 1 is 1.26 bits per heavy atom. The molecule has 142 valence electrons. The Bertz CT molecular complexity index is 832. The molecule has 2 aliphatic rings. The summed E-state index contributed by atoms with van der Waals surface area (Å²) in [6.07, 6.45) is 5.32. The van der Waals surface area contributed by atoms with Gasteiger partial charge < -0.3 is 15.5 Å². The molecule has 27 heavy (non-hydrogen) atoms. The zero-order valence-electron chi connectivity index (χ0n) is 14.9. The Labute approximate surface area is 162 Å². The van der Waals surface area contributed by atoms with E-state index < -0.39 is 11.6 Å². The lowest BCUT2D eigenvalue weighted by molar-refractivity contribution is -0.135. The molecule has 0 bridgehead atoms. The minimum absolute atomic E-state index is 0.124. The number of piperidine rings is 1. The van der Waals surface area contributed by atoms with Crippen molar-refractivity contribution in [3.63, 3.8) is 0 Å². The fourth-order valence-electron chi connectivity index (χ4n) is 3.94. The zero-order valence-corrected chi connectivity index (χ0v) is 15.7. The fourth-order valence-corrected chi connectivity index (χ4v) is 4.18. The van der Waals surface area contributed by atoms with Crippen molar-refractivity contribution < 1.29 is 9.59 Å². The predicted octanol–water partition coefficient (Wildman–Crippen LogP) is 1.54. The lowest BCUT2D eigenvalue weighted by Gasteiger charge is -2.37. The molecule has 2 N–H and O–H groups in total. The number of hydrogen-bond acceptors (Lipinski definition) is 4. The van der Waals surface area contributed by atoms with Gasteiger partial charge in [-0.05, 0) is 50.6 Å². The summed E-state index contributed by atoms with van der Waals surface area (Å²) in [5.74, 6) is -0.270. The van der Waals surface area contributed by atoms with Crippen LogP contribution >= 0.6 is 11.6 Å². The number of amides is 2. The molecule has 1 aromatic heterocycles. The molecule has 2 fully saturated rings. The maximum atomic E-state index is 13.2. The van der Waals surface area contributed by atoms with Gasteiger partial charge in [0.25, 0.3) is 0 Å². The van der Waals surface area contributed by atoms with Gasteiger partial charge in [0.05, 0.1) is 10.7 Å². The monoisotopic (exact) mass is 387 g/mol. The van der Waals surface area contributed by atoms with E-state index in [1.165, 1.54) is 0 Å². The van der Waals surface area contributed by atoms with Crippen LogP contribution in [-0.2, 0) is 15.1 Å². The van der Waals surface area contributed by atoms with Crippen molar-refractivity contribution in [2.45, 2.75) is 30.8 Å². The third-order valence-corrected chi connectivity index (χ3v) is 5.77. The summed E-state index contributed by atoms with van der Waals surface area (Å²) < 4.78 is 1.73. The van der Waals surface area contributed by atoms with Gasteiger partial charge in [0.15, 0.2) is 0 Å². The number of carbonyl (C=O) groups excluding carboxylic acids is 2. The van der Waals surface area contributed by atoms with Crippen molar-refractivity contribution in [3.8, 4) is 0 Å². The molecular formula is C19H22ClN5O2. The van der Waals surface area contributed by atoms with E-state index in [0.717, 1.165) is 13.1 Å². The average molecular weight is 388 g/mol. The molecule has 2 aliphatic heterocycles. The second-order valence-electron chi connectivity index (χ2n) is 6.99. The van der Waals surface area contributed by atoms with E-state index in [9.17, 15) is 9.59 Å². The molecule has 0 radical (unpaired) electrons. The third-order valence-electron chi connectivity index (χ3n) is 5.45. The number of aromatic nitrogens is 2. The van der Waals surface area contributed by atoms with Crippen molar-refractivity contribution >= 4 is 29.1 Å². The van der Waals surface area contributed by atoms with Crippen LogP contribution in [0.15, 0.2) is 42.7 Å². The predicted molar refractivity (Wildman–Crippen MR) is 103 cm³/mol. The molecule has 2 amide bonds. The van der Waals surface area contributed by atoms with E-state index in [1.54, 1.807) is 21.8 Å². The molecule has 1 atom stereocenters. The SMILES string of the molecule is O=C1C(NC(=O)C2(n3cccn3)CCNCC2)CCN1c1ccccc1Cl. The maximum Gasteiger partial charge on any atom is 0.249 e. The van der Waals surface area contributed by atoms with E-state index in [2.05, 4.69) is 15.7 Å². The van der Waals surface area contributed by atoms with Gasteiger partial charge in [0.1, 0.15) is 11.6 Å². The second-order valence-corrected chi connectivity index (χ2v) is 7.40. The Hall–Kier alpha value is -2.38. The van der Waals surface area contributed by atoms with Crippen molar-refractivity contribution in [3.05, 3.63) is 47.7 Å². The quantitative estimate of drug-likeness (QED) is 0.834. The summed E-state index contributed by atoms with van der Waals surface area (Å²) in [5.41, 5.74) is -0.0723. The molecule has 1 unspecified atom stereocenters. The van der Waals surface area contributed by atoms with E-state index in [4.69, 9.17) is 11.6 Å². The summed E-state index contributed by atoms with van der Waals surface area (Å²) in [6.45, 7) is 2.00. The first-order valence-corrected chi connectivity index (χ1v) is 9.57. The van der Waals surface area contributed by atoms with E-state index in [1.807, 2.05) is 30.5 Å². The summed E-state index contributed by atoms with van der Waals surface area (Å²) in [5, 5.41) is 11.1. The molecule has 0 saturated carbocycles. The van der Waals surface area contributed by atoms with E-state index in [-0.39, 0.29) is 11.8 Å². The highest BCUT2D eigenvalue weighted by Crippen LogP contribution is 2.31. The second kappa shape index (κ2) is 7.32. The number of benzene rings is 1. The lowest BCUT2D eigenvalue weighted by atomic mass is 9.87. The van der Waals surface area contributed by atoms with Crippen LogP contribution in [0.3, 0.4) is 0 Å². The Morgan fingerprint density at radius 3 is 2.74 bits per heavy atom. The number of para-hydroxylation sites is 1. The Balaban J connectivity index is 1.52. The number of nitrogens with zero attached hydrogens (tertiary/aromatic N) is 3. The first-order chi connectivity index (χ1) is 13.1. The molecule has 2 saturated heterocycles. The first-order valence-electron chi connectivity index (χ1n) is 9.19. The molecular weight excluding hydrogens is 366 g/mol. The number of anilines is 1. The highest BCUT2D eigenvalue weighted by molar-refractivity contribution is 6.34. The normalized spacial score (nSPS) is 22.0. The van der Waals surface area contributed by atoms with Crippen molar-refractivity contribution in [2.24, 2.45) is 0 Å². The van der Waals surface area contributed by atoms with E-state index >= 15 is 0 Å². The van der Waals surface area contributed by atoms with Crippen LogP contribution in [0.4, 0.5) is 5.69 Å². The maximum absolute atomic E-state index is 13.2. The zero-order chi connectivity index (χ0) is 18.9. The minimum atomic E-state index is -0.757. The number of nitrogens with one attached hydrogen (secondary N) is 2. The van der Waals surface area contributed by atoms with Gasteiger partial charge in [-0.25, -0.2) is 0 Å². The standard InChI is InChI=1S/C19H22ClN5O2/c20-14-4-1-2-5-16(14)24-13-6-15(17(24)26)23-18(27)19(7-10-21-11-8-19)25-12-3-9-22-25/h1-5,9,12,15,21H,6-8,10-11,13H2,(H,23,27). The van der Waals surface area contributed by atoms with Gasteiger partial charge in [-0.3, -0.25) is 14.3 Å². The van der Waals surface area contributed by atoms with Gasteiger partial charge in [-0.15, -0.1) is 0 Å². The minimum Gasteiger partial charge on any atom is -0.342 e. The molecule has 7 nitrogen and oxygen atoms in total. The Morgan fingerprint density at radius 2 is 2.04 bits per heavy atom. The average Bonchev–Trinajstić information content (AvgIpc) is 3.34. The van der Waals surface area contributed by atoms with Crippen LogP contribution in [0.1, 0.15) is 19.3 Å². The summed E-state index contributed by atoms with van der Waals surface area (Å²) >= 11 is 6.23. The number of carbonyl (C=O) groups is 2. The molecule has 2 aromatic rings. The van der Waals surface area contributed by atoms with Crippen molar-refractivity contribution in [1.29, 1.82) is 0 Å². The molecule has 3 heterocycles. The number of rotatable bonds is 4. The fraction of sp³-hybridized carbons (Fsp3) is 0.421. The van der Waals surface area contributed by atoms with Crippen LogP contribution in [0.5, 0.6) is 0 Å². The summed E-state index contributed by atoms with van der Waals surface area (Å²) in [6, 6.07) is 8.53. The smallest absolute Gasteiger partial charge is 0.249 e. The van der Waals surface area contributed by atoms with Crippen LogP contribution in [0.2, 0.25) is 5.02 Å². The largest absolute Gasteiger partial charge is 0.342 e. The van der Waals surface area contributed by atoms with Gasteiger partial charge in [0, 0.05) is 18.9 Å². The lowest BCUT2D eigenvalue weighted by Crippen LogP contribution is -2.57. The first kappa shape index (κ1) is 18.0. The third kappa shape index (κ3) is 3.21. The number of halogens is 1. The topological polar surface area (TPSA) is 79.3 Å². The van der Waals surface area contributed by atoms with Crippen LogP contribution in [0, 0.1) is 0 Å². The van der Waals surface area contributed by atoms with Crippen molar-refractivity contribution in [2.75, 3.05) is 24.5 Å². The molecule has 1 aromatic carbocycles. The molecule has 4 rings (SSSR count). The molecule has 0 aliphatic carbocycles. The highest BCUT2D eigenvalue weighted by atomic mass is 35.5. The van der Waals surface area contributed by atoms with Gasteiger partial charge in [0.2, 0.25) is 11.8 Å². The Kier molecular flexibility index (Phi) is 4.88. The van der Waals surface area contributed by atoms with Crippen molar-refractivity contribution in [1.82, 2.24) is 20.4 Å². The van der Waals surface area contributed by atoms with Gasteiger partial charge >= 0.3 is 0 Å². The van der Waals surface area contributed by atoms with Gasteiger partial charge in [-0.2, -0.15) is 5.10 Å². The molecule has 0 spiro atoms. The summed E-state index contributed by atoms with van der Waals surface area (Å²) in [7, 11) is 0. The molecule has 8 heteroatoms.